The van der Waals surface area contributed by atoms with E-state index >= 15 is 0 Å². The number of pyridine rings is 1. The quantitative estimate of drug-likeness (QED) is 0.716. The highest BCUT2D eigenvalue weighted by molar-refractivity contribution is 5.92. The van der Waals surface area contributed by atoms with Crippen molar-refractivity contribution >= 4 is 5.91 Å². The molecule has 6 heteroatoms. The Labute approximate surface area is 158 Å². The van der Waals surface area contributed by atoms with Crippen LogP contribution in [-0.2, 0) is 6.54 Å². The Hall–Kier alpha value is -3.28. The van der Waals surface area contributed by atoms with Gasteiger partial charge in [0.25, 0.3) is 5.91 Å². The number of benzene rings is 1. The van der Waals surface area contributed by atoms with Crippen molar-refractivity contribution in [2.24, 2.45) is 0 Å². The number of carbonyl (C=O) groups excluding carboxylic acids is 1. The molecule has 0 atom stereocenters. The Morgan fingerprint density at radius 2 is 1.81 bits per heavy atom. The highest BCUT2D eigenvalue weighted by atomic mass is 16.5. The van der Waals surface area contributed by atoms with E-state index in [4.69, 9.17) is 13.9 Å². The van der Waals surface area contributed by atoms with Gasteiger partial charge in [0.2, 0.25) is 0 Å². The molecule has 2 aromatic heterocycles. The molecule has 0 bridgehead atoms. The van der Waals surface area contributed by atoms with E-state index in [9.17, 15) is 4.79 Å². The number of rotatable bonds is 6. The Bertz CT molecular complexity index is 945. The molecule has 0 fully saturated rings. The van der Waals surface area contributed by atoms with Gasteiger partial charge in [-0.2, -0.15) is 0 Å². The number of furan rings is 1. The van der Waals surface area contributed by atoms with Crippen molar-refractivity contribution in [1.82, 2.24) is 10.3 Å². The van der Waals surface area contributed by atoms with Crippen molar-refractivity contribution in [1.29, 1.82) is 0 Å². The zero-order valence-corrected chi connectivity index (χ0v) is 15.8. The molecular weight excluding hydrogens is 344 g/mol. The predicted octanol–water partition coefficient (Wildman–Crippen LogP) is 3.91. The molecule has 0 saturated heterocycles. The summed E-state index contributed by atoms with van der Waals surface area (Å²) in [6, 6.07) is 10.9. The van der Waals surface area contributed by atoms with Crippen LogP contribution in [0.3, 0.4) is 0 Å². The lowest BCUT2D eigenvalue weighted by atomic mass is 10.1. The smallest absolute Gasteiger partial charge is 0.287 e. The standard InChI is InChI=1S/C21H22N2O4/c1-13-11-22-17(14(2)20(13)26-4)12-23-21(24)19-10-9-18(27-19)15-5-7-16(25-3)8-6-15/h5-11H,12H2,1-4H3,(H,23,24). The summed E-state index contributed by atoms with van der Waals surface area (Å²) in [5, 5.41) is 2.84. The van der Waals surface area contributed by atoms with Gasteiger partial charge in [0.15, 0.2) is 5.76 Å². The van der Waals surface area contributed by atoms with E-state index in [2.05, 4.69) is 10.3 Å². The van der Waals surface area contributed by atoms with Gasteiger partial charge in [-0.25, -0.2) is 0 Å². The molecule has 1 N–H and O–H groups in total. The lowest BCUT2D eigenvalue weighted by Crippen LogP contribution is -2.23. The molecule has 0 aliphatic carbocycles. The van der Waals surface area contributed by atoms with Crippen molar-refractivity contribution in [3.63, 3.8) is 0 Å². The van der Waals surface area contributed by atoms with E-state index in [0.29, 0.717) is 12.3 Å². The van der Waals surface area contributed by atoms with Gasteiger partial charge in [0.05, 0.1) is 26.5 Å². The molecule has 0 spiro atoms. The first-order valence-corrected chi connectivity index (χ1v) is 8.55. The predicted molar refractivity (Wildman–Crippen MR) is 102 cm³/mol. The number of hydrogen-bond donors (Lipinski definition) is 1. The first kappa shape index (κ1) is 18.5. The van der Waals surface area contributed by atoms with Crippen LogP contribution in [0.25, 0.3) is 11.3 Å². The van der Waals surface area contributed by atoms with Crippen LogP contribution < -0.4 is 14.8 Å². The monoisotopic (exact) mass is 366 g/mol. The molecule has 1 amide bonds. The lowest BCUT2D eigenvalue weighted by molar-refractivity contribution is 0.0923. The zero-order valence-electron chi connectivity index (χ0n) is 15.8. The Morgan fingerprint density at radius 1 is 1.07 bits per heavy atom. The number of methoxy groups -OCH3 is 2. The van der Waals surface area contributed by atoms with Crippen molar-refractivity contribution in [3.05, 3.63) is 65.2 Å². The van der Waals surface area contributed by atoms with Crippen molar-refractivity contribution in [2.45, 2.75) is 20.4 Å². The summed E-state index contributed by atoms with van der Waals surface area (Å²) in [6.45, 7) is 4.15. The SMILES string of the molecule is COc1ccc(-c2ccc(C(=O)NCc3ncc(C)c(OC)c3C)o2)cc1. The summed E-state index contributed by atoms with van der Waals surface area (Å²) >= 11 is 0. The second-order valence-electron chi connectivity index (χ2n) is 6.12. The van der Waals surface area contributed by atoms with Gasteiger partial charge in [0, 0.05) is 22.9 Å². The number of aromatic nitrogens is 1. The molecule has 0 unspecified atom stereocenters. The molecule has 3 rings (SSSR count). The average Bonchev–Trinajstić information content (AvgIpc) is 3.18. The summed E-state index contributed by atoms with van der Waals surface area (Å²) in [7, 11) is 3.24. The number of nitrogens with zero attached hydrogens (tertiary/aromatic N) is 1. The molecule has 3 aromatic rings. The molecule has 0 aliphatic heterocycles. The van der Waals surface area contributed by atoms with E-state index in [0.717, 1.165) is 33.9 Å². The van der Waals surface area contributed by atoms with Crippen LogP contribution in [0.15, 0.2) is 47.0 Å². The summed E-state index contributed by atoms with van der Waals surface area (Å²) in [5.74, 6) is 2.12. The molecule has 0 aliphatic rings. The molecule has 0 radical (unpaired) electrons. The molecule has 0 saturated carbocycles. The van der Waals surface area contributed by atoms with Crippen LogP contribution >= 0.6 is 0 Å². The number of amides is 1. The van der Waals surface area contributed by atoms with Crippen LogP contribution in [0.5, 0.6) is 11.5 Å². The number of hydrogen-bond acceptors (Lipinski definition) is 5. The van der Waals surface area contributed by atoms with Gasteiger partial charge in [-0.15, -0.1) is 0 Å². The van der Waals surface area contributed by atoms with Crippen LogP contribution in [0, 0.1) is 13.8 Å². The molecule has 1 aromatic carbocycles. The fourth-order valence-corrected chi connectivity index (χ4v) is 2.87. The Morgan fingerprint density at radius 3 is 2.48 bits per heavy atom. The molecule has 2 heterocycles. The van der Waals surface area contributed by atoms with E-state index in [1.165, 1.54) is 0 Å². The van der Waals surface area contributed by atoms with Crippen molar-refractivity contribution in [2.75, 3.05) is 14.2 Å². The highest BCUT2D eigenvalue weighted by Crippen LogP contribution is 2.25. The van der Waals surface area contributed by atoms with Gasteiger partial charge in [0.1, 0.15) is 17.3 Å². The number of aryl methyl sites for hydroxylation is 1. The maximum absolute atomic E-state index is 12.4. The first-order chi connectivity index (χ1) is 13.0. The van der Waals surface area contributed by atoms with Crippen LogP contribution in [-0.4, -0.2) is 25.1 Å². The van der Waals surface area contributed by atoms with Crippen molar-refractivity contribution < 1.29 is 18.7 Å². The minimum absolute atomic E-state index is 0.248. The molecule has 27 heavy (non-hydrogen) atoms. The largest absolute Gasteiger partial charge is 0.497 e. The Kier molecular flexibility index (Phi) is 5.45. The van der Waals surface area contributed by atoms with E-state index in [1.807, 2.05) is 38.1 Å². The topological polar surface area (TPSA) is 73.6 Å². The van der Waals surface area contributed by atoms with Gasteiger partial charge < -0.3 is 19.2 Å². The van der Waals surface area contributed by atoms with E-state index < -0.39 is 0 Å². The van der Waals surface area contributed by atoms with Crippen LogP contribution in [0.2, 0.25) is 0 Å². The van der Waals surface area contributed by atoms with Crippen LogP contribution in [0.4, 0.5) is 0 Å². The first-order valence-electron chi connectivity index (χ1n) is 8.55. The normalized spacial score (nSPS) is 10.5. The average molecular weight is 366 g/mol. The molecular formula is C21H22N2O4. The third-order valence-electron chi connectivity index (χ3n) is 4.37. The third kappa shape index (κ3) is 3.95. The number of carbonyl (C=O) groups is 1. The van der Waals surface area contributed by atoms with Gasteiger partial charge in [-0.3, -0.25) is 9.78 Å². The second kappa shape index (κ2) is 7.95. The summed E-state index contributed by atoms with van der Waals surface area (Å²) < 4.78 is 16.2. The lowest BCUT2D eigenvalue weighted by Gasteiger charge is -2.12. The van der Waals surface area contributed by atoms with Gasteiger partial charge in [-0.1, -0.05) is 0 Å². The minimum Gasteiger partial charge on any atom is -0.497 e. The minimum atomic E-state index is -0.296. The van der Waals surface area contributed by atoms with Crippen molar-refractivity contribution in [3.8, 4) is 22.8 Å². The Balaban J connectivity index is 1.69. The summed E-state index contributed by atoms with van der Waals surface area (Å²) in [6.07, 6.45) is 1.74. The second-order valence-corrected chi connectivity index (χ2v) is 6.12. The maximum atomic E-state index is 12.4. The fourth-order valence-electron chi connectivity index (χ4n) is 2.87. The third-order valence-corrected chi connectivity index (χ3v) is 4.37. The summed E-state index contributed by atoms with van der Waals surface area (Å²) in [4.78, 5) is 16.8. The maximum Gasteiger partial charge on any atom is 0.287 e. The fraction of sp³-hybridized carbons (Fsp3) is 0.238. The van der Waals surface area contributed by atoms with Crippen LogP contribution in [0.1, 0.15) is 27.4 Å². The summed E-state index contributed by atoms with van der Waals surface area (Å²) in [5.41, 5.74) is 3.50. The highest BCUT2D eigenvalue weighted by Gasteiger charge is 2.14. The number of ether oxygens (including phenoxy) is 2. The van der Waals surface area contributed by atoms with Gasteiger partial charge in [-0.05, 0) is 50.2 Å². The number of nitrogens with one attached hydrogen (secondary N) is 1. The zero-order chi connectivity index (χ0) is 19.4. The molecule has 140 valence electrons. The van der Waals surface area contributed by atoms with Gasteiger partial charge >= 0.3 is 0 Å². The van der Waals surface area contributed by atoms with E-state index in [1.54, 1.807) is 32.5 Å². The molecule has 6 nitrogen and oxygen atoms in total. The van der Waals surface area contributed by atoms with E-state index in [-0.39, 0.29) is 11.7 Å².